The first-order valence-electron chi connectivity index (χ1n) is 6.00. The average Bonchev–Trinajstić information content (AvgIpc) is 3.12. The van der Waals surface area contributed by atoms with E-state index in [0.717, 1.165) is 12.8 Å². The van der Waals surface area contributed by atoms with Gasteiger partial charge in [-0.25, -0.2) is 0 Å². The number of nitrogen functional groups attached to an aromatic ring is 1. The Hall–Kier alpha value is -1.53. The summed E-state index contributed by atoms with van der Waals surface area (Å²) in [7, 11) is 0. The number of aromatic nitrogens is 1. The maximum atomic E-state index is 12.1. The van der Waals surface area contributed by atoms with Crippen molar-refractivity contribution in [1.82, 2.24) is 9.88 Å². The Morgan fingerprint density at radius 2 is 2.17 bits per heavy atom. The number of hydrogen-bond donors (Lipinski definition) is 4. The molecular formula is C12H19N3O3. The minimum atomic E-state index is -1.02. The Balaban J connectivity index is 2.18. The molecule has 1 fully saturated rings. The van der Waals surface area contributed by atoms with Crippen molar-refractivity contribution in [3.05, 3.63) is 18.0 Å². The van der Waals surface area contributed by atoms with E-state index in [-0.39, 0.29) is 19.1 Å². The van der Waals surface area contributed by atoms with Crippen molar-refractivity contribution >= 4 is 11.6 Å². The van der Waals surface area contributed by atoms with Gasteiger partial charge in [0.25, 0.3) is 5.91 Å². The molecule has 0 aromatic carbocycles. The highest BCUT2D eigenvalue weighted by atomic mass is 16.3. The highest BCUT2D eigenvalue weighted by Crippen LogP contribution is 2.37. The lowest BCUT2D eigenvalue weighted by Gasteiger charge is -2.26. The van der Waals surface area contributed by atoms with Crippen molar-refractivity contribution in [3.8, 4) is 0 Å². The predicted octanol–water partition coefficient (Wildman–Crippen LogP) is -0.122. The van der Waals surface area contributed by atoms with Gasteiger partial charge in [0.05, 0.1) is 24.4 Å². The smallest absolute Gasteiger partial charge is 0.268 e. The molecule has 1 aromatic heterocycles. The summed E-state index contributed by atoms with van der Waals surface area (Å²) in [5.41, 5.74) is 5.71. The van der Waals surface area contributed by atoms with E-state index in [2.05, 4.69) is 5.32 Å². The lowest BCUT2D eigenvalue weighted by Crippen LogP contribution is -2.52. The van der Waals surface area contributed by atoms with Crippen LogP contribution in [0.5, 0.6) is 0 Å². The number of aliphatic hydroxyl groups is 2. The normalized spacial score (nSPS) is 15.7. The second-order valence-corrected chi connectivity index (χ2v) is 5.13. The molecule has 1 amide bonds. The Bertz CT molecular complexity index is 447. The number of amides is 1. The van der Waals surface area contributed by atoms with Crippen LogP contribution in [0, 0.1) is 0 Å². The van der Waals surface area contributed by atoms with Gasteiger partial charge in [-0.15, -0.1) is 0 Å². The zero-order valence-corrected chi connectivity index (χ0v) is 10.4. The van der Waals surface area contributed by atoms with Crippen LogP contribution in [0.25, 0.3) is 0 Å². The van der Waals surface area contributed by atoms with Crippen molar-refractivity contribution in [1.29, 1.82) is 0 Å². The van der Waals surface area contributed by atoms with Gasteiger partial charge in [-0.1, -0.05) is 0 Å². The number of aliphatic hydroxyl groups excluding tert-OH is 2. The van der Waals surface area contributed by atoms with E-state index in [9.17, 15) is 15.0 Å². The molecule has 2 rings (SSSR count). The van der Waals surface area contributed by atoms with Gasteiger partial charge in [-0.3, -0.25) is 4.79 Å². The van der Waals surface area contributed by atoms with Crippen molar-refractivity contribution in [2.75, 3.05) is 18.9 Å². The highest BCUT2D eigenvalue weighted by molar-refractivity contribution is 5.94. The van der Waals surface area contributed by atoms with Gasteiger partial charge in [-0.05, 0) is 25.8 Å². The van der Waals surface area contributed by atoms with Crippen LogP contribution in [0.3, 0.4) is 0 Å². The van der Waals surface area contributed by atoms with Crippen LogP contribution >= 0.6 is 0 Å². The van der Waals surface area contributed by atoms with E-state index in [1.54, 1.807) is 19.2 Å². The Labute approximate surface area is 105 Å². The monoisotopic (exact) mass is 253 g/mol. The van der Waals surface area contributed by atoms with Gasteiger partial charge in [0, 0.05) is 12.2 Å². The number of nitrogens with one attached hydrogen (secondary N) is 1. The Morgan fingerprint density at radius 3 is 2.67 bits per heavy atom. The van der Waals surface area contributed by atoms with Gasteiger partial charge in [0.1, 0.15) is 5.69 Å². The Kier molecular flexibility index (Phi) is 3.32. The summed E-state index contributed by atoms with van der Waals surface area (Å²) in [6.45, 7) is 0.933. The quantitative estimate of drug-likeness (QED) is 0.587. The van der Waals surface area contributed by atoms with Crippen LogP contribution in [0.4, 0.5) is 5.69 Å². The molecule has 1 aromatic rings. The fraction of sp³-hybridized carbons (Fsp3) is 0.583. The average molecular weight is 253 g/mol. The number of carbonyl (C=O) groups is 1. The molecule has 0 bridgehead atoms. The maximum Gasteiger partial charge on any atom is 0.268 e. The molecule has 0 aliphatic heterocycles. The van der Waals surface area contributed by atoms with E-state index in [1.807, 2.05) is 4.57 Å². The standard InChI is InChI=1S/C12H19N3O3/c1-12(6-16,7-17)14-11(18)10-4-8(13)5-15(10)9-2-3-9/h4-5,9,16-17H,2-3,6-7,13H2,1H3,(H,14,18). The number of carbonyl (C=O) groups excluding carboxylic acids is 1. The molecule has 1 aliphatic carbocycles. The molecule has 0 atom stereocenters. The third-order valence-electron chi connectivity index (χ3n) is 3.16. The first kappa shape index (κ1) is 12.9. The summed E-state index contributed by atoms with van der Waals surface area (Å²) >= 11 is 0. The van der Waals surface area contributed by atoms with Crippen LogP contribution in [0.2, 0.25) is 0 Å². The number of hydrogen-bond acceptors (Lipinski definition) is 4. The third-order valence-corrected chi connectivity index (χ3v) is 3.16. The molecule has 0 spiro atoms. The van der Waals surface area contributed by atoms with E-state index in [1.165, 1.54) is 0 Å². The second kappa shape index (κ2) is 4.62. The van der Waals surface area contributed by atoms with Crippen molar-refractivity contribution in [2.45, 2.75) is 31.3 Å². The summed E-state index contributed by atoms with van der Waals surface area (Å²) in [5, 5.41) is 21.0. The highest BCUT2D eigenvalue weighted by Gasteiger charge is 2.30. The van der Waals surface area contributed by atoms with Gasteiger partial charge in [-0.2, -0.15) is 0 Å². The van der Waals surface area contributed by atoms with Crippen LogP contribution in [0.1, 0.15) is 36.3 Å². The molecular weight excluding hydrogens is 234 g/mol. The minimum absolute atomic E-state index is 0.325. The molecule has 6 heteroatoms. The van der Waals surface area contributed by atoms with Crippen molar-refractivity contribution in [3.63, 3.8) is 0 Å². The molecule has 0 radical (unpaired) electrons. The first-order valence-corrected chi connectivity index (χ1v) is 6.00. The van der Waals surface area contributed by atoms with Gasteiger partial charge in [0.2, 0.25) is 0 Å². The molecule has 1 heterocycles. The molecule has 100 valence electrons. The summed E-state index contributed by atoms with van der Waals surface area (Å²) in [4.78, 5) is 12.1. The maximum absolute atomic E-state index is 12.1. The molecule has 0 unspecified atom stereocenters. The predicted molar refractivity (Wildman–Crippen MR) is 67.2 cm³/mol. The molecule has 6 nitrogen and oxygen atoms in total. The lowest BCUT2D eigenvalue weighted by molar-refractivity contribution is 0.0715. The fourth-order valence-corrected chi connectivity index (χ4v) is 1.80. The second-order valence-electron chi connectivity index (χ2n) is 5.13. The van der Waals surface area contributed by atoms with Gasteiger partial charge < -0.3 is 25.8 Å². The SMILES string of the molecule is CC(CO)(CO)NC(=O)c1cc(N)cn1C1CC1. The number of nitrogens with zero attached hydrogens (tertiary/aromatic N) is 1. The topological polar surface area (TPSA) is 101 Å². The molecule has 0 saturated heterocycles. The summed E-state index contributed by atoms with van der Waals surface area (Å²) in [6.07, 6.45) is 3.85. The zero-order valence-electron chi connectivity index (χ0n) is 10.4. The number of nitrogens with two attached hydrogens (primary N) is 1. The minimum Gasteiger partial charge on any atom is -0.397 e. The van der Waals surface area contributed by atoms with Gasteiger partial charge in [0.15, 0.2) is 0 Å². The number of anilines is 1. The fourth-order valence-electron chi connectivity index (χ4n) is 1.80. The first-order chi connectivity index (χ1) is 8.49. The van der Waals surface area contributed by atoms with Crippen LogP contribution < -0.4 is 11.1 Å². The molecule has 5 N–H and O–H groups in total. The van der Waals surface area contributed by atoms with Crippen molar-refractivity contribution in [2.24, 2.45) is 0 Å². The summed E-state index contributed by atoms with van der Waals surface area (Å²) in [6, 6.07) is 1.96. The van der Waals surface area contributed by atoms with E-state index >= 15 is 0 Å². The lowest BCUT2D eigenvalue weighted by atomic mass is 10.1. The molecule has 18 heavy (non-hydrogen) atoms. The van der Waals surface area contributed by atoms with Crippen molar-refractivity contribution < 1.29 is 15.0 Å². The summed E-state index contributed by atoms with van der Waals surface area (Å²) in [5.74, 6) is -0.329. The van der Waals surface area contributed by atoms with E-state index in [4.69, 9.17) is 5.73 Å². The largest absolute Gasteiger partial charge is 0.397 e. The van der Waals surface area contributed by atoms with Crippen LogP contribution in [0.15, 0.2) is 12.3 Å². The number of rotatable bonds is 5. The zero-order chi connectivity index (χ0) is 13.3. The van der Waals surface area contributed by atoms with E-state index in [0.29, 0.717) is 17.4 Å². The van der Waals surface area contributed by atoms with E-state index < -0.39 is 5.54 Å². The Morgan fingerprint density at radius 1 is 1.56 bits per heavy atom. The van der Waals surface area contributed by atoms with Gasteiger partial charge >= 0.3 is 0 Å². The molecule has 1 aliphatic rings. The molecule has 1 saturated carbocycles. The third kappa shape index (κ3) is 2.49. The van der Waals surface area contributed by atoms with Crippen LogP contribution in [-0.4, -0.2) is 39.4 Å². The summed E-state index contributed by atoms with van der Waals surface area (Å²) < 4.78 is 1.86. The van der Waals surface area contributed by atoms with Crippen LogP contribution in [-0.2, 0) is 0 Å².